The van der Waals surface area contributed by atoms with Gasteiger partial charge < -0.3 is 14.8 Å². The molecule has 2 saturated heterocycles. The fourth-order valence-corrected chi connectivity index (χ4v) is 6.55. The van der Waals surface area contributed by atoms with Gasteiger partial charge in [0.05, 0.1) is 34.0 Å². The molecular formula is C28H32F2N4O5S. The van der Waals surface area contributed by atoms with Gasteiger partial charge >= 0.3 is 0 Å². The summed E-state index contributed by atoms with van der Waals surface area (Å²) in [4.78, 5) is 22.2. The van der Waals surface area contributed by atoms with Gasteiger partial charge in [-0.05, 0) is 62.8 Å². The molecule has 3 atom stereocenters. The third-order valence-electron chi connectivity index (χ3n) is 7.87. The number of hydrogen-bond acceptors (Lipinski definition) is 8. The normalized spacial score (nSPS) is 24.4. The van der Waals surface area contributed by atoms with Crippen molar-refractivity contribution in [1.29, 1.82) is 0 Å². The van der Waals surface area contributed by atoms with Crippen LogP contribution in [0.4, 0.5) is 20.2 Å². The molecule has 2 aromatic heterocycles. The van der Waals surface area contributed by atoms with Gasteiger partial charge in [0.25, 0.3) is 5.92 Å². The van der Waals surface area contributed by atoms with Crippen LogP contribution in [-0.2, 0) is 30.5 Å². The van der Waals surface area contributed by atoms with E-state index in [9.17, 15) is 22.0 Å². The number of fused-ring (bicyclic) bond motifs is 1. The van der Waals surface area contributed by atoms with Gasteiger partial charge in [-0.3, -0.25) is 9.36 Å². The van der Waals surface area contributed by atoms with Crippen LogP contribution < -0.4 is 5.32 Å². The van der Waals surface area contributed by atoms with Crippen LogP contribution in [0.25, 0.3) is 11.2 Å². The lowest BCUT2D eigenvalue weighted by Gasteiger charge is -2.25. The highest BCUT2D eigenvalue weighted by Crippen LogP contribution is 2.49. The molecule has 9 nitrogen and oxygen atoms in total. The number of aryl methyl sites for hydroxylation is 1. The van der Waals surface area contributed by atoms with Crippen molar-refractivity contribution < 1.29 is 31.5 Å². The molecule has 1 aromatic carbocycles. The standard InChI is InChI=1S/C28H32F2N4O5S/c1-16-31-26-21(33-20-9-8-17(23-6-5-11-38-23)12-24(20)40(2,36)37)13-18(14-22(35)19-15-28(19,29)30)32-27(26)34(16)25-7-3-4-10-39-25/h8-9,12-13,19,23,25H,3-7,10-11,14-15H2,1-2H3,(H,32,33)/t19?,23-,25?/m1/s1. The number of Topliss-reactive ketones (excluding diaryl/α,β-unsaturated/α-hetero) is 1. The first kappa shape index (κ1) is 27.2. The molecule has 1 aliphatic carbocycles. The number of benzene rings is 1. The van der Waals surface area contributed by atoms with Crippen molar-refractivity contribution in [1.82, 2.24) is 14.5 Å². The van der Waals surface area contributed by atoms with E-state index in [-0.39, 0.29) is 23.6 Å². The van der Waals surface area contributed by atoms with Crippen molar-refractivity contribution in [3.05, 3.63) is 41.3 Å². The number of ether oxygens (including phenoxy) is 2. The number of carbonyl (C=O) groups is 1. The molecule has 1 N–H and O–H groups in total. The first-order chi connectivity index (χ1) is 19.0. The summed E-state index contributed by atoms with van der Waals surface area (Å²) in [6, 6.07) is 6.76. The van der Waals surface area contributed by atoms with Crippen molar-refractivity contribution in [2.24, 2.45) is 5.92 Å². The molecule has 6 rings (SSSR count). The lowest BCUT2D eigenvalue weighted by molar-refractivity contribution is -0.121. The zero-order chi connectivity index (χ0) is 28.2. The van der Waals surface area contributed by atoms with Gasteiger partial charge in [0, 0.05) is 32.3 Å². The van der Waals surface area contributed by atoms with Crippen LogP contribution in [0.5, 0.6) is 0 Å². The van der Waals surface area contributed by atoms with Crippen LogP contribution in [0, 0.1) is 12.8 Å². The topological polar surface area (TPSA) is 112 Å². The molecular weight excluding hydrogens is 542 g/mol. The second kappa shape index (κ2) is 10.1. The minimum Gasteiger partial charge on any atom is -0.374 e. The first-order valence-electron chi connectivity index (χ1n) is 13.6. The molecule has 3 aromatic rings. The maximum absolute atomic E-state index is 13.6. The molecule has 0 amide bonds. The molecule has 0 bridgehead atoms. The summed E-state index contributed by atoms with van der Waals surface area (Å²) >= 11 is 0. The number of imidazole rings is 1. The number of aromatic nitrogens is 3. The third kappa shape index (κ3) is 5.24. The van der Waals surface area contributed by atoms with Crippen LogP contribution in [0.15, 0.2) is 29.2 Å². The highest BCUT2D eigenvalue weighted by atomic mass is 32.2. The van der Waals surface area contributed by atoms with Crippen molar-refractivity contribution in [2.45, 2.75) is 75.0 Å². The summed E-state index contributed by atoms with van der Waals surface area (Å²) in [5.74, 6) is -4.19. The van der Waals surface area contributed by atoms with E-state index in [2.05, 4.69) is 10.3 Å². The van der Waals surface area contributed by atoms with Gasteiger partial charge in [-0.1, -0.05) is 6.07 Å². The number of halogens is 2. The summed E-state index contributed by atoms with van der Waals surface area (Å²) in [5, 5.41) is 3.22. The lowest BCUT2D eigenvalue weighted by atomic mass is 10.1. The Morgan fingerprint density at radius 2 is 1.88 bits per heavy atom. The van der Waals surface area contributed by atoms with E-state index >= 15 is 0 Å². The molecule has 40 heavy (non-hydrogen) atoms. The van der Waals surface area contributed by atoms with Gasteiger partial charge in [0.1, 0.15) is 23.4 Å². The van der Waals surface area contributed by atoms with E-state index in [1.807, 2.05) is 17.6 Å². The Balaban J connectivity index is 1.43. The van der Waals surface area contributed by atoms with Gasteiger partial charge in [-0.2, -0.15) is 0 Å². The third-order valence-corrected chi connectivity index (χ3v) is 9.00. The molecule has 4 heterocycles. The fourth-order valence-electron chi connectivity index (χ4n) is 5.68. The summed E-state index contributed by atoms with van der Waals surface area (Å²) in [6.07, 6.45) is 4.40. The van der Waals surface area contributed by atoms with Crippen molar-refractivity contribution in [3.63, 3.8) is 0 Å². The molecule has 2 aliphatic heterocycles. The van der Waals surface area contributed by atoms with Gasteiger partial charge in [0.15, 0.2) is 15.5 Å². The highest BCUT2D eigenvalue weighted by molar-refractivity contribution is 7.90. The molecule has 214 valence electrons. The summed E-state index contributed by atoms with van der Waals surface area (Å²) in [5.41, 5.74) is 2.79. The number of pyridine rings is 1. The fraction of sp³-hybridized carbons (Fsp3) is 0.536. The largest absolute Gasteiger partial charge is 0.374 e. The Hall–Kier alpha value is -2.96. The number of rotatable bonds is 8. The van der Waals surface area contributed by atoms with E-state index in [0.29, 0.717) is 47.3 Å². The Morgan fingerprint density at radius 3 is 2.52 bits per heavy atom. The lowest BCUT2D eigenvalue weighted by Crippen LogP contribution is -2.20. The number of carbonyl (C=O) groups excluding carboxylic acids is 1. The smallest absolute Gasteiger partial charge is 0.258 e. The van der Waals surface area contributed by atoms with E-state index < -0.39 is 33.9 Å². The van der Waals surface area contributed by atoms with Gasteiger partial charge in [-0.25, -0.2) is 27.2 Å². The van der Waals surface area contributed by atoms with Gasteiger partial charge in [0.2, 0.25) is 0 Å². The van der Waals surface area contributed by atoms with Crippen molar-refractivity contribution in [3.8, 4) is 0 Å². The highest BCUT2D eigenvalue weighted by Gasteiger charge is 2.60. The SMILES string of the molecule is Cc1nc2c(Nc3ccc([C@H]4CCCO4)cc3S(C)(=O)=O)cc(CC(=O)C3CC3(F)F)nc2n1C1CCCCO1. The number of ketones is 1. The number of nitrogens with one attached hydrogen (secondary N) is 1. The predicted octanol–water partition coefficient (Wildman–Crippen LogP) is 5.20. The number of alkyl halides is 2. The zero-order valence-corrected chi connectivity index (χ0v) is 23.3. The molecule has 2 unspecified atom stereocenters. The number of hydrogen-bond donors (Lipinski definition) is 1. The zero-order valence-electron chi connectivity index (χ0n) is 22.5. The molecule has 3 fully saturated rings. The minimum absolute atomic E-state index is 0.104. The summed E-state index contributed by atoms with van der Waals surface area (Å²) in [7, 11) is -3.64. The van der Waals surface area contributed by atoms with Crippen LogP contribution in [0.1, 0.15) is 67.9 Å². The molecule has 0 radical (unpaired) electrons. The van der Waals surface area contributed by atoms with E-state index in [1.165, 1.54) is 0 Å². The quantitative estimate of drug-likeness (QED) is 0.391. The molecule has 3 aliphatic rings. The van der Waals surface area contributed by atoms with Gasteiger partial charge in [-0.15, -0.1) is 0 Å². The maximum atomic E-state index is 13.6. The average molecular weight is 575 g/mol. The average Bonchev–Trinajstić information content (AvgIpc) is 3.24. The second-order valence-electron chi connectivity index (χ2n) is 11.0. The van der Waals surface area contributed by atoms with E-state index in [0.717, 1.165) is 43.9 Å². The number of sulfone groups is 1. The molecule has 0 spiro atoms. The Morgan fingerprint density at radius 1 is 1.10 bits per heavy atom. The number of nitrogens with zero attached hydrogens (tertiary/aromatic N) is 3. The molecule has 12 heteroatoms. The van der Waals surface area contributed by atoms with Crippen LogP contribution in [0.3, 0.4) is 0 Å². The van der Waals surface area contributed by atoms with E-state index in [4.69, 9.17) is 14.5 Å². The predicted molar refractivity (Wildman–Crippen MR) is 144 cm³/mol. The van der Waals surface area contributed by atoms with Crippen LogP contribution in [-0.4, -0.2) is 54.1 Å². The maximum Gasteiger partial charge on any atom is 0.258 e. The summed E-state index contributed by atoms with van der Waals surface area (Å²) in [6.45, 7) is 3.06. The minimum atomic E-state index is -3.64. The van der Waals surface area contributed by atoms with Crippen LogP contribution in [0.2, 0.25) is 0 Å². The van der Waals surface area contributed by atoms with Crippen molar-refractivity contribution in [2.75, 3.05) is 24.8 Å². The molecule has 1 saturated carbocycles. The Kier molecular flexibility index (Phi) is 6.90. The van der Waals surface area contributed by atoms with E-state index in [1.54, 1.807) is 18.2 Å². The first-order valence-corrected chi connectivity index (χ1v) is 15.5. The Labute approximate surface area is 231 Å². The Bertz CT molecular complexity index is 1580. The number of anilines is 2. The second-order valence-corrected chi connectivity index (χ2v) is 13.0. The monoisotopic (exact) mass is 574 g/mol. The summed E-state index contributed by atoms with van der Waals surface area (Å²) < 4.78 is 66.6. The van der Waals surface area contributed by atoms with Crippen molar-refractivity contribution >= 4 is 38.2 Å². The van der Waals surface area contributed by atoms with Crippen LogP contribution >= 0.6 is 0 Å².